The maximum absolute atomic E-state index is 13.0. The molecule has 88 valence electrons. The molecule has 5 heteroatoms. The molecule has 0 bridgehead atoms. The summed E-state index contributed by atoms with van der Waals surface area (Å²) >= 11 is 0. The van der Waals surface area contributed by atoms with Crippen LogP contribution < -0.4 is 9.47 Å². The van der Waals surface area contributed by atoms with E-state index in [1.54, 1.807) is 24.3 Å². The summed E-state index contributed by atoms with van der Waals surface area (Å²) in [7, 11) is 1.48. The number of ether oxygens (including phenoxy) is 2. The highest BCUT2D eigenvalue weighted by Gasteiger charge is 2.13. The lowest BCUT2D eigenvalue weighted by Crippen LogP contribution is -2.17. The monoisotopic (exact) mass is 228 g/mol. The predicted octanol–water partition coefficient (Wildman–Crippen LogP) is 1.89. The average molecular weight is 228 g/mol. The van der Waals surface area contributed by atoms with Gasteiger partial charge in [-0.2, -0.15) is 0 Å². The number of rotatable bonds is 6. The van der Waals surface area contributed by atoms with Gasteiger partial charge < -0.3 is 14.6 Å². The van der Waals surface area contributed by atoms with Crippen molar-refractivity contribution >= 4 is 5.97 Å². The van der Waals surface area contributed by atoms with Crippen molar-refractivity contribution in [3.63, 3.8) is 0 Å². The van der Waals surface area contributed by atoms with E-state index in [0.717, 1.165) is 0 Å². The van der Waals surface area contributed by atoms with Crippen LogP contribution in [-0.4, -0.2) is 31.0 Å². The molecule has 0 saturated heterocycles. The molecule has 0 aliphatic heterocycles. The summed E-state index contributed by atoms with van der Waals surface area (Å²) < 4.78 is 23.2. The molecular weight excluding hydrogens is 215 g/mol. The number of aliphatic carboxylic acids is 1. The molecule has 1 atom stereocenters. The third-order valence-corrected chi connectivity index (χ3v) is 1.88. The third kappa shape index (κ3) is 3.76. The number of para-hydroxylation sites is 2. The van der Waals surface area contributed by atoms with Crippen molar-refractivity contribution in [2.45, 2.75) is 12.6 Å². The molecule has 1 N–H and O–H groups in total. The Balaban J connectivity index is 2.50. The highest BCUT2D eigenvalue weighted by molar-refractivity contribution is 5.67. The minimum absolute atomic E-state index is 0.299. The molecule has 0 spiro atoms. The van der Waals surface area contributed by atoms with Crippen molar-refractivity contribution < 1.29 is 23.8 Å². The molecular formula is C11H13FO4. The van der Waals surface area contributed by atoms with E-state index in [1.807, 2.05) is 0 Å². The van der Waals surface area contributed by atoms with Gasteiger partial charge >= 0.3 is 5.97 Å². The zero-order valence-corrected chi connectivity index (χ0v) is 8.85. The lowest BCUT2D eigenvalue weighted by Gasteiger charge is -2.11. The molecule has 0 aliphatic carbocycles. The fraction of sp³-hybridized carbons (Fsp3) is 0.364. The molecule has 0 fully saturated rings. The van der Waals surface area contributed by atoms with E-state index in [9.17, 15) is 9.18 Å². The molecule has 1 aromatic carbocycles. The van der Waals surface area contributed by atoms with Crippen molar-refractivity contribution in [3.05, 3.63) is 24.3 Å². The first-order valence-corrected chi connectivity index (χ1v) is 4.75. The Morgan fingerprint density at radius 2 is 2.06 bits per heavy atom. The first-order valence-electron chi connectivity index (χ1n) is 4.75. The fourth-order valence-electron chi connectivity index (χ4n) is 1.17. The zero-order chi connectivity index (χ0) is 12.0. The van der Waals surface area contributed by atoms with Gasteiger partial charge in [0.2, 0.25) is 0 Å². The molecule has 0 aliphatic rings. The summed E-state index contributed by atoms with van der Waals surface area (Å²) in [6.07, 6.45) is -2.09. The topological polar surface area (TPSA) is 55.8 Å². The summed E-state index contributed by atoms with van der Waals surface area (Å²) in [6, 6.07) is 6.80. The van der Waals surface area contributed by atoms with Crippen molar-refractivity contribution in [1.82, 2.24) is 0 Å². The second kappa shape index (κ2) is 5.95. The minimum atomic E-state index is -1.53. The van der Waals surface area contributed by atoms with Gasteiger partial charge in [0.05, 0.1) is 13.5 Å². The van der Waals surface area contributed by atoms with E-state index < -0.39 is 18.6 Å². The van der Waals surface area contributed by atoms with Gasteiger partial charge in [-0.25, -0.2) is 4.39 Å². The van der Waals surface area contributed by atoms with E-state index in [1.165, 1.54) is 7.11 Å². The number of hydrogen-bond donors (Lipinski definition) is 1. The van der Waals surface area contributed by atoms with Gasteiger partial charge in [0.1, 0.15) is 12.8 Å². The highest BCUT2D eigenvalue weighted by Crippen LogP contribution is 2.26. The average Bonchev–Trinajstić information content (AvgIpc) is 2.26. The summed E-state index contributed by atoms with van der Waals surface area (Å²) in [5.74, 6) is -0.292. The number of methoxy groups -OCH3 is 1. The molecule has 16 heavy (non-hydrogen) atoms. The number of carboxylic acid groups (broad SMARTS) is 1. The number of carboxylic acids is 1. The van der Waals surface area contributed by atoms with Crippen LogP contribution in [0.3, 0.4) is 0 Å². The minimum Gasteiger partial charge on any atom is -0.493 e. The maximum atomic E-state index is 13.0. The first kappa shape index (κ1) is 12.3. The highest BCUT2D eigenvalue weighted by atomic mass is 19.1. The third-order valence-electron chi connectivity index (χ3n) is 1.88. The smallest absolute Gasteiger partial charge is 0.306 e. The quantitative estimate of drug-likeness (QED) is 0.807. The molecule has 0 saturated carbocycles. The van der Waals surface area contributed by atoms with Crippen molar-refractivity contribution in [3.8, 4) is 11.5 Å². The van der Waals surface area contributed by atoms with Crippen LogP contribution in [0.25, 0.3) is 0 Å². The number of hydrogen-bond acceptors (Lipinski definition) is 3. The second-order valence-electron chi connectivity index (χ2n) is 3.16. The molecule has 0 radical (unpaired) electrons. The van der Waals surface area contributed by atoms with Crippen molar-refractivity contribution in [1.29, 1.82) is 0 Å². The van der Waals surface area contributed by atoms with Crippen LogP contribution in [0.4, 0.5) is 4.39 Å². The predicted molar refractivity (Wildman–Crippen MR) is 55.6 cm³/mol. The Hall–Kier alpha value is -1.78. The van der Waals surface area contributed by atoms with Gasteiger partial charge in [0.15, 0.2) is 11.5 Å². The standard InChI is InChI=1S/C11H13FO4/c1-15-9-4-2-3-5-10(9)16-7-8(12)6-11(13)14/h2-5,8H,6-7H2,1H3,(H,13,14). The lowest BCUT2D eigenvalue weighted by molar-refractivity contribution is -0.138. The Labute approximate surface area is 92.6 Å². The van der Waals surface area contributed by atoms with Crippen LogP contribution in [0.15, 0.2) is 24.3 Å². The fourth-order valence-corrected chi connectivity index (χ4v) is 1.17. The summed E-state index contributed by atoms with van der Waals surface area (Å²) in [5, 5.41) is 8.36. The van der Waals surface area contributed by atoms with E-state index in [2.05, 4.69) is 0 Å². The summed E-state index contributed by atoms with van der Waals surface area (Å²) in [5.41, 5.74) is 0. The number of benzene rings is 1. The SMILES string of the molecule is COc1ccccc1OCC(F)CC(=O)O. The maximum Gasteiger partial charge on any atom is 0.306 e. The number of alkyl halides is 1. The first-order chi connectivity index (χ1) is 7.63. The van der Waals surface area contributed by atoms with Crippen LogP contribution >= 0.6 is 0 Å². The van der Waals surface area contributed by atoms with Crippen molar-refractivity contribution in [2.24, 2.45) is 0 Å². The van der Waals surface area contributed by atoms with Crippen molar-refractivity contribution in [2.75, 3.05) is 13.7 Å². The molecule has 4 nitrogen and oxygen atoms in total. The Morgan fingerprint density at radius 1 is 1.44 bits per heavy atom. The second-order valence-corrected chi connectivity index (χ2v) is 3.16. The zero-order valence-electron chi connectivity index (χ0n) is 8.85. The number of halogens is 1. The van der Waals surface area contributed by atoms with E-state index in [4.69, 9.17) is 14.6 Å². The summed E-state index contributed by atoms with van der Waals surface area (Å²) in [6.45, 7) is -0.299. The van der Waals surface area contributed by atoms with E-state index in [0.29, 0.717) is 11.5 Å². The summed E-state index contributed by atoms with van der Waals surface area (Å²) in [4.78, 5) is 10.2. The Kier molecular flexibility index (Phi) is 4.57. The molecule has 0 heterocycles. The van der Waals surface area contributed by atoms with Gasteiger partial charge in [-0.1, -0.05) is 12.1 Å². The van der Waals surface area contributed by atoms with Gasteiger partial charge in [-0.15, -0.1) is 0 Å². The van der Waals surface area contributed by atoms with E-state index in [-0.39, 0.29) is 6.61 Å². The van der Waals surface area contributed by atoms with Crippen LogP contribution in [0.1, 0.15) is 6.42 Å². The molecule has 0 aromatic heterocycles. The van der Waals surface area contributed by atoms with Crippen LogP contribution in [0, 0.1) is 0 Å². The number of carbonyl (C=O) groups is 1. The molecule has 1 aromatic rings. The molecule has 1 rings (SSSR count). The van der Waals surface area contributed by atoms with Gasteiger partial charge in [0.25, 0.3) is 0 Å². The van der Waals surface area contributed by atoms with E-state index >= 15 is 0 Å². The van der Waals surface area contributed by atoms with Gasteiger partial charge in [-0.05, 0) is 12.1 Å². The normalized spacial score (nSPS) is 11.9. The lowest BCUT2D eigenvalue weighted by atomic mass is 10.3. The molecule has 0 amide bonds. The van der Waals surface area contributed by atoms with Gasteiger partial charge in [0, 0.05) is 0 Å². The van der Waals surface area contributed by atoms with Crippen LogP contribution in [-0.2, 0) is 4.79 Å². The van der Waals surface area contributed by atoms with Gasteiger partial charge in [-0.3, -0.25) is 4.79 Å². The largest absolute Gasteiger partial charge is 0.493 e. The molecule has 1 unspecified atom stereocenters. The van der Waals surface area contributed by atoms with Crippen LogP contribution in [0.5, 0.6) is 11.5 Å². The Morgan fingerprint density at radius 3 is 2.62 bits per heavy atom. The Bertz CT molecular complexity index is 354. The van der Waals surface area contributed by atoms with Crippen LogP contribution in [0.2, 0.25) is 0 Å².